The van der Waals surface area contributed by atoms with Gasteiger partial charge in [-0.1, -0.05) is 13.8 Å². The molecule has 1 atom stereocenters. The first-order valence-electron chi connectivity index (χ1n) is 5.53. The molecule has 0 aromatic heterocycles. The quantitative estimate of drug-likeness (QED) is 0.699. The largest absolute Gasteiger partial charge is 0.480 e. The van der Waals surface area contributed by atoms with Crippen molar-refractivity contribution < 1.29 is 18.3 Å². The minimum Gasteiger partial charge on any atom is -0.480 e. The fraction of sp³-hybridized carbons (Fsp3) is 0.900. The van der Waals surface area contributed by atoms with Crippen molar-refractivity contribution in [2.24, 2.45) is 11.8 Å². The van der Waals surface area contributed by atoms with Crippen LogP contribution in [0, 0.1) is 11.8 Å². The van der Waals surface area contributed by atoms with Crippen LogP contribution in [0.4, 0.5) is 0 Å². The van der Waals surface area contributed by atoms with Gasteiger partial charge in [-0.2, -0.15) is 0 Å². The number of hydrogen-bond acceptors (Lipinski definition) is 3. The van der Waals surface area contributed by atoms with E-state index in [0.717, 1.165) is 12.8 Å². The second kappa shape index (κ2) is 5.14. The Labute approximate surface area is 96.3 Å². The van der Waals surface area contributed by atoms with Gasteiger partial charge in [-0.3, -0.25) is 4.79 Å². The maximum atomic E-state index is 11.6. The van der Waals surface area contributed by atoms with Crippen LogP contribution < -0.4 is 4.72 Å². The Bertz CT molecular complexity index is 346. The van der Waals surface area contributed by atoms with Gasteiger partial charge in [0.25, 0.3) is 0 Å². The summed E-state index contributed by atoms with van der Waals surface area (Å²) >= 11 is 0. The van der Waals surface area contributed by atoms with Crippen molar-refractivity contribution in [3.63, 3.8) is 0 Å². The minimum atomic E-state index is -3.44. The van der Waals surface area contributed by atoms with Crippen molar-refractivity contribution in [3.05, 3.63) is 0 Å². The van der Waals surface area contributed by atoms with E-state index in [4.69, 9.17) is 5.11 Å². The predicted molar refractivity (Wildman–Crippen MR) is 60.5 cm³/mol. The Kier molecular flexibility index (Phi) is 4.32. The highest BCUT2D eigenvalue weighted by molar-refractivity contribution is 7.89. The lowest BCUT2D eigenvalue weighted by atomic mass is 10.1. The van der Waals surface area contributed by atoms with E-state index < -0.39 is 22.0 Å². The smallest absolute Gasteiger partial charge is 0.321 e. The molecule has 1 aliphatic rings. The summed E-state index contributed by atoms with van der Waals surface area (Å²) in [6.45, 7) is 3.73. The van der Waals surface area contributed by atoms with Gasteiger partial charge in [0.15, 0.2) is 0 Å². The number of carbonyl (C=O) groups is 1. The molecule has 0 heterocycles. The van der Waals surface area contributed by atoms with Crippen LogP contribution in [0.5, 0.6) is 0 Å². The van der Waals surface area contributed by atoms with Crippen molar-refractivity contribution in [3.8, 4) is 0 Å². The van der Waals surface area contributed by atoms with Gasteiger partial charge in [-0.05, 0) is 31.1 Å². The van der Waals surface area contributed by atoms with Gasteiger partial charge in [0, 0.05) is 0 Å². The van der Waals surface area contributed by atoms with Crippen molar-refractivity contribution in [1.29, 1.82) is 0 Å². The normalized spacial score (nSPS) is 18.7. The first-order valence-corrected chi connectivity index (χ1v) is 7.18. The number of rotatable bonds is 7. The van der Waals surface area contributed by atoms with Crippen molar-refractivity contribution in [1.82, 2.24) is 4.72 Å². The number of aliphatic carboxylic acids is 1. The van der Waals surface area contributed by atoms with E-state index in [0.29, 0.717) is 6.42 Å². The van der Waals surface area contributed by atoms with Gasteiger partial charge < -0.3 is 5.11 Å². The third-order valence-electron chi connectivity index (χ3n) is 2.48. The second-order valence-corrected chi connectivity index (χ2v) is 6.66. The second-order valence-electron chi connectivity index (χ2n) is 4.86. The fourth-order valence-corrected chi connectivity index (χ4v) is 3.21. The molecule has 6 heteroatoms. The van der Waals surface area contributed by atoms with Crippen LogP contribution in [0.1, 0.15) is 33.1 Å². The molecule has 2 N–H and O–H groups in total. The fourth-order valence-electron chi connectivity index (χ4n) is 1.53. The van der Waals surface area contributed by atoms with Crippen LogP contribution in [0.25, 0.3) is 0 Å². The highest BCUT2D eigenvalue weighted by atomic mass is 32.2. The molecule has 16 heavy (non-hydrogen) atoms. The van der Waals surface area contributed by atoms with Gasteiger partial charge >= 0.3 is 5.97 Å². The average Bonchev–Trinajstić information content (AvgIpc) is 2.84. The highest BCUT2D eigenvalue weighted by Crippen LogP contribution is 2.30. The van der Waals surface area contributed by atoms with Gasteiger partial charge in [-0.25, -0.2) is 13.1 Å². The molecule has 1 unspecified atom stereocenters. The van der Waals surface area contributed by atoms with Crippen LogP contribution in [-0.2, 0) is 14.8 Å². The summed E-state index contributed by atoms with van der Waals surface area (Å²) < 4.78 is 25.5. The third-order valence-corrected chi connectivity index (χ3v) is 4.03. The summed E-state index contributed by atoms with van der Waals surface area (Å²) in [5.74, 6) is -0.668. The van der Waals surface area contributed by atoms with Crippen LogP contribution in [0.15, 0.2) is 0 Å². The van der Waals surface area contributed by atoms with E-state index in [9.17, 15) is 13.2 Å². The highest BCUT2D eigenvalue weighted by Gasteiger charge is 2.31. The number of nitrogens with one attached hydrogen (secondary N) is 1. The van der Waals surface area contributed by atoms with Crippen molar-refractivity contribution in [2.45, 2.75) is 39.2 Å². The zero-order valence-electron chi connectivity index (χ0n) is 9.64. The summed E-state index contributed by atoms with van der Waals surface area (Å²) in [5.41, 5.74) is 0. The molecule has 0 bridgehead atoms. The lowest BCUT2D eigenvalue weighted by Crippen LogP contribution is -2.42. The lowest BCUT2D eigenvalue weighted by molar-refractivity contribution is -0.139. The van der Waals surface area contributed by atoms with E-state index in [2.05, 4.69) is 4.72 Å². The monoisotopic (exact) mass is 249 g/mol. The molecule has 5 nitrogen and oxygen atoms in total. The Balaban J connectivity index is 2.55. The molecular weight excluding hydrogens is 230 g/mol. The van der Waals surface area contributed by atoms with E-state index in [-0.39, 0.29) is 17.6 Å². The van der Waals surface area contributed by atoms with E-state index in [1.165, 1.54) is 0 Å². The maximum absolute atomic E-state index is 11.6. The number of carboxylic acid groups (broad SMARTS) is 1. The molecule has 94 valence electrons. The molecule has 1 rings (SSSR count). The Morgan fingerprint density at radius 2 is 2.00 bits per heavy atom. The minimum absolute atomic E-state index is 0.0644. The molecule has 0 amide bonds. The van der Waals surface area contributed by atoms with Crippen LogP contribution in [0.2, 0.25) is 0 Å². The van der Waals surface area contributed by atoms with Crippen LogP contribution in [-0.4, -0.2) is 31.3 Å². The molecule has 1 fully saturated rings. The first kappa shape index (κ1) is 13.4. The Morgan fingerprint density at radius 1 is 1.44 bits per heavy atom. The van der Waals surface area contributed by atoms with Gasteiger partial charge in [0.2, 0.25) is 10.0 Å². The van der Waals surface area contributed by atoms with Crippen molar-refractivity contribution >= 4 is 16.0 Å². The molecule has 0 spiro atoms. The maximum Gasteiger partial charge on any atom is 0.321 e. The SMILES string of the molecule is CC(C)CC(NS(=O)(=O)CC1CC1)C(=O)O. The van der Waals surface area contributed by atoms with Crippen molar-refractivity contribution in [2.75, 3.05) is 5.75 Å². The van der Waals surface area contributed by atoms with Gasteiger partial charge in [0.05, 0.1) is 5.75 Å². The Morgan fingerprint density at radius 3 is 2.38 bits per heavy atom. The molecule has 0 radical (unpaired) electrons. The number of hydrogen-bond donors (Lipinski definition) is 2. The summed E-state index contributed by atoms with van der Waals surface area (Å²) in [6, 6.07) is -0.997. The molecule has 0 aromatic carbocycles. The number of carboxylic acids is 1. The van der Waals surface area contributed by atoms with E-state index in [1.54, 1.807) is 0 Å². The Hall–Kier alpha value is -0.620. The summed E-state index contributed by atoms with van der Waals surface area (Å²) in [5, 5.41) is 8.91. The first-order chi connectivity index (χ1) is 7.30. The zero-order chi connectivity index (χ0) is 12.3. The standard InChI is InChI=1S/C10H19NO4S/c1-7(2)5-9(10(12)13)11-16(14,15)6-8-3-4-8/h7-9,11H,3-6H2,1-2H3,(H,12,13). The molecule has 0 aliphatic heterocycles. The van der Waals surface area contributed by atoms with Gasteiger partial charge in [0.1, 0.15) is 6.04 Å². The molecular formula is C10H19NO4S. The summed E-state index contributed by atoms with van der Waals surface area (Å²) in [4.78, 5) is 10.9. The number of sulfonamides is 1. The lowest BCUT2D eigenvalue weighted by Gasteiger charge is -2.16. The van der Waals surface area contributed by atoms with Crippen LogP contribution >= 0.6 is 0 Å². The molecule has 0 saturated heterocycles. The zero-order valence-corrected chi connectivity index (χ0v) is 10.5. The topological polar surface area (TPSA) is 83.5 Å². The molecule has 1 aliphatic carbocycles. The molecule has 1 saturated carbocycles. The van der Waals surface area contributed by atoms with E-state index in [1.807, 2.05) is 13.8 Å². The summed E-state index contributed by atoms with van der Waals surface area (Å²) in [7, 11) is -3.44. The van der Waals surface area contributed by atoms with Gasteiger partial charge in [-0.15, -0.1) is 0 Å². The predicted octanol–water partition coefficient (Wildman–Crippen LogP) is 0.815. The van der Waals surface area contributed by atoms with Crippen LogP contribution in [0.3, 0.4) is 0 Å². The summed E-state index contributed by atoms with van der Waals surface area (Å²) in [6.07, 6.45) is 2.19. The average molecular weight is 249 g/mol. The molecule has 0 aromatic rings. The van der Waals surface area contributed by atoms with E-state index >= 15 is 0 Å². The third kappa shape index (κ3) is 4.94.